The summed E-state index contributed by atoms with van der Waals surface area (Å²) in [5, 5.41) is 0.777. The molecule has 1 aromatic heterocycles. The second kappa shape index (κ2) is 10.3. The van der Waals surface area contributed by atoms with E-state index >= 15 is 0 Å². The van der Waals surface area contributed by atoms with Crippen molar-refractivity contribution in [3.8, 4) is 0 Å². The topological polar surface area (TPSA) is 36.4 Å². The fraction of sp³-hybridized carbons (Fsp3) is 0.286. The molecule has 3 aromatic carbocycles. The average Bonchev–Trinajstić information content (AvgIpc) is 3.22. The van der Waals surface area contributed by atoms with Gasteiger partial charge in [-0.3, -0.25) is 9.69 Å². The lowest BCUT2D eigenvalue weighted by atomic mass is 9.90. The molecule has 33 heavy (non-hydrogen) atoms. The van der Waals surface area contributed by atoms with E-state index in [0.29, 0.717) is 6.54 Å². The number of rotatable bonds is 8. The summed E-state index contributed by atoms with van der Waals surface area (Å²) in [4.78, 5) is 23.2. The van der Waals surface area contributed by atoms with E-state index in [1.165, 1.54) is 11.1 Å². The minimum atomic E-state index is -0.374. The van der Waals surface area contributed by atoms with Crippen molar-refractivity contribution in [2.75, 3.05) is 32.1 Å². The normalized spacial score (nSPS) is 11.5. The van der Waals surface area contributed by atoms with Crippen molar-refractivity contribution in [1.82, 2.24) is 9.88 Å². The Morgan fingerprint density at radius 3 is 2.09 bits per heavy atom. The Labute approximate surface area is 200 Å². The van der Waals surface area contributed by atoms with Crippen LogP contribution < -0.4 is 4.90 Å². The number of nitrogens with zero attached hydrogens (tertiary/aromatic N) is 3. The van der Waals surface area contributed by atoms with Crippen molar-refractivity contribution in [3.05, 3.63) is 95.1 Å². The molecule has 5 heteroatoms. The van der Waals surface area contributed by atoms with Crippen LogP contribution in [0.5, 0.6) is 0 Å². The van der Waals surface area contributed by atoms with E-state index < -0.39 is 0 Å². The average molecular weight is 458 g/mol. The zero-order valence-electron chi connectivity index (χ0n) is 19.8. The number of hydrogen-bond acceptors (Lipinski definition) is 4. The fourth-order valence-corrected chi connectivity index (χ4v) is 5.30. The number of thiazole rings is 1. The predicted molar refractivity (Wildman–Crippen MR) is 139 cm³/mol. The molecule has 170 valence electrons. The highest BCUT2D eigenvalue weighted by atomic mass is 32.1. The van der Waals surface area contributed by atoms with Gasteiger partial charge in [0.1, 0.15) is 0 Å². The number of amides is 1. The number of anilines is 1. The van der Waals surface area contributed by atoms with E-state index in [2.05, 4.69) is 45.0 Å². The van der Waals surface area contributed by atoms with Crippen LogP contribution in [-0.2, 0) is 4.79 Å². The Morgan fingerprint density at radius 1 is 0.909 bits per heavy atom. The van der Waals surface area contributed by atoms with Gasteiger partial charge in [-0.2, -0.15) is 0 Å². The van der Waals surface area contributed by atoms with Crippen LogP contribution in [0.4, 0.5) is 5.13 Å². The first-order valence-electron chi connectivity index (χ1n) is 11.4. The second-order valence-corrected chi connectivity index (χ2v) is 9.81. The molecule has 0 aliphatic heterocycles. The number of hydrogen-bond donors (Lipinski definition) is 0. The highest BCUT2D eigenvalue weighted by molar-refractivity contribution is 7.22. The van der Waals surface area contributed by atoms with E-state index in [9.17, 15) is 4.79 Å². The van der Waals surface area contributed by atoms with E-state index in [4.69, 9.17) is 4.98 Å². The van der Waals surface area contributed by atoms with Gasteiger partial charge in [0.15, 0.2) is 5.13 Å². The van der Waals surface area contributed by atoms with Crippen LogP contribution in [-0.4, -0.2) is 43.0 Å². The lowest BCUT2D eigenvalue weighted by Crippen LogP contribution is -2.37. The Morgan fingerprint density at radius 2 is 1.52 bits per heavy atom. The maximum Gasteiger partial charge on any atom is 0.240 e. The van der Waals surface area contributed by atoms with Crippen LogP contribution in [0.15, 0.2) is 72.8 Å². The van der Waals surface area contributed by atoms with Crippen LogP contribution in [0, 0.1) is 13.8 Å². The zero-order chi connectivity index (χ0) is 23.4. The van der Waals surface area contributed by atoms with Crippen molar-refractivity contribution in [2.24, 2.45) is 0 Å². The van der Waals surface area contributed by atoms with E-state index in [1.54, 1.807) is 11.3 Å². The third kappa shape index (κ3) is 5.32. The van der Waals surface area contributed by atoms with Gasteiger partial charge in [-0.15, -0.1) is 0 Å². The standard InChI is InChI=1S/C28H31N3OS/c1-20-18-21(2)26-24(19-20)29-28(33-26)31(17-11-16-30(3)4)27(32)25(22-12-7-5-8-13-22)23-14-9-6-10-15-23/h5-10,12-15,18-19,25H,11,16-17H2,1-4H3. The summed E-state index contributed by atoms with van der Waals surface area (Å²) in [6.07, 6.45) is 0.878. The molecule has 0 aliphatic rings. The molecule has 0 unspecified atom stereocenters. The molecule has 0 radical (unpaired) electrons. The largest absolute Gasteiger partial charge is 0.309 e. The molecule has 4 rings (SSSR count). The first-order chi connectivity index (χ1) is 15.9. The molecule has 0 N–H and O–H groups in total. The number of carbonyl (C=O) groups excluding carboxylic acids is 1. The maximum atomic E-state index is 14.2. The van der Waals surface area contributed by atoms with Gasteiger partial charge in [0, 0.05) is 6.54 Å². The molecule has 0 saturated heterocycles. The lowest BCUT2D eigenvalue weighted by Gasteiger charge is -2.26. The molecule has 1 heterocycles. The zero-order valence-corrected chi connectivity index (χ0v) is 20.6. The van der Waals surface area contributed by atoms with Crippen molar-refractivity contribution in [2.45, 2.75) is 26.2 Å². The molecule has 0 fully saturated rings. The quantitative estimate of drug-likeness (QED) is 0.324. The van der Waals surface area contributed by atoms with Gasteiger partial charge in [-0.05, 0) is 69.2 Å². The summed E-state index contributed by atoms with van der Waals surface area (Å²) < 4.78 is 1.15. The Hall–Kier alpha value is -3.02. The van der Waals surface area contributed by atoms with Gasteiger partial charge < -0.3 is 4.90 Å². The summed E-state index contributed by atoms with van der Waals surface area (Å²) in [5.74, 6) is -0.304. The van der Waals surface area contributed by atoms with Crippen LogP contribution in [0.2, 0.25) is 0 Å². The number of aromatic nitrogens is 1. The number of fused-ring (bicyclic) bond motifs is 1. The van der Waals surface area contributed by atoms with E-state index in [1.807, 2.05) is 65.6 Å². The van der Waals surface area contributed by atoms with Crippen LogP contribution in [0.1, 0.15) is 34.6 Å². The summed E-state index contributed by atoms with van der Waals surface area (Å²) in [6.45, 7) is 5.75. The molecular formula is C28H31N3OS. The first kappa shape index (κ1) is 23.1. The Balaban J connectivity index is 1.78. The monoisotopic (exact) mass is 457 g/mol. The number of carbonyl (C=O) groups is 1. The summed E-state index contributed by atoms with van der Waals surface area (Å²) in [7, 11) is 4.12. The molecule has 1 amide bonds. The number of aryl methyl sites for hydroxylation is 2. The third-order valence-corrected chi connectivity index (χ3v) is 7.04. The highest BCUT2D eigenvalue weighted by Gasteiger charge is 2.30. The molecule has 0 aliphatic carbocycles. The van der Waals surface area contributed by atoms with Gasteiger partial charge >= 0.3 is 0 Å². The summed E-state index contributed by atoms with van der Waals surface area (Å²) in [5.41, 5.74) is 5.36. The third-order valence-electron chi connectivity index (χ3n) is 5.81. The van der Waals surface area contributed by atoms with Crippen LogP contribution >= 0.6 is 11.3 Å². The minimum Gasteiger partial charge on any atom is -0.309 e. The van der Waals surface area contributed by atoms with Gasteiger partial charge in [0.05, 0.1) is 16.1 Å². The Kier molecular flexibility index (Phi) is 7.21. The summed E-state index contributed by atoms with van der Waals surface area (Å²) >= 11 is 1.62. The van der Waals surface area contributed by atoms with Crippen LogP contribution in [0.3, 0.4) is 0 Å². The molecule has 0 saturated carbocycles. The second-order valence-electron chi connectivity index (χ2n) is 8.83. The number of benzene rings is 3. The predicted octanol–water partition coefficient (Wildman–Crippen LogP) is 6.03. The lowest BCUT2D eigenvalue weighted by molar-refractivity contribution is -0.119. The molecule has 4 aromatic rings. The SMILES string of the molecule is Cc1cc(C)c2sc(N(CCCN(C)C)C(=O)C(c3ccccc3)c3ccccc3)nc2c1. The van der Waals surface area contributed by atoms with Gasteiger partial charge in [-0.1, -0.05) is 78.1 Å². The maximum absolute atomic E-state index is 14.2. The molecule has 0 bridgehead atoms. The summed E-state index contributed by atoms with van der Waals surface area (Å²) in [6, 6.07) is 24.4. The highest BCUT2D eigenvalue weighted by Crippen LogP contribution is 2.35. The molecule has 4 nitrogen and oxygen atoms in total. The van der Waals surface area contributed by atoms with Crippen molar-refractivity contribution < 1.29 is 4.79 Å². The van der Waals surface area contributed by atoms with E-state index in [0.717, 1.165) is 39.4 Å². The smallest absolute Gasteiger partial charge is 0.240 e. The molecule has 0 spiro atoms. The van der Waals surface area contributed by atoms with Crippen molar-refractivity contribution in [1.29, 1.82) is 0 Å². The van der Waals surface area contributed by atoms with Gasteiger partial charge in [-0.25, -0.2) is 4.98 Å². The van der Waals surface area contributed by atoms with Crippen molar-refractivity contribution >= 4 is 32.6 Å². The van der Waals surface area contributed by atoms with E-state index in [-0.39, 0.29) is 11.8 Å². The van der Waals surface area contributed by atoms with Crippen LogP contribution in [0.25, 0.3) is 10.2 Å². The first-order valence-corrected chi connectivity index (χ1v) is 12.2. The Bertz CT molecular complexity index is 1180. The minimum absolute atomic E-state index is 0.0691. The van der Waals surface area contributed by atoms with Crippen molar-refractivity contribution in [3.63, 3.8) is 0 Å². The van der Waals surface area contributed by atoms with Gasteiger partial charge in [0.2, 0.25) is 5.91 Å². The van der Waals surface area contributed by atoms with Gasteiger partial charge in [0.25, 0.3) is 0 Å². The molecule has 0 atom stereocenters. The molecular weight excluding hydrogens is 426 g/mol. The fourth-order valence-electron chi connectivity index (χ4n) is 4.25.